The molecule has 0 aliphatic rings. The highest BCUT2D eigenvalue weighted by Crippen LogP contribution is 2.23. The summed E-state index contributed by atoms with van der Waals surface area (Å²) in [7, 11) is 1.86. The van der Waals surface area contributed by atoms with Crippen LogP contribution >= 0.6 is 11.6 Å². The van der Waals surface area contributed by atoms with Crippen molar-refractivity contribution >= 4 is 11.6 Å². The zero-order valence-electron chi connectivity index (χ0n) is 9.67. The second kappa shape index (κ2) is 4.85. The predicted molar refractivity (Wildman–Crippen MR) is 66.0 cm³/mol. The van der Waals surface area contributed by atoms with Gasteiger partial charge < -0.3 is 5.32 Å². The molecule has 1 aromatic heterocycles. The lowest BCUT2D eigenvalue weighted by atomic mass is 10.2. The lowest BCUT2D eigenvalue weighted by Crippen LogP contribution is -2.06. The number of hydrogen-bond acceptors (Lipinski definition) is 2. The lowest BCUT2D eigenvalue weighted by Gasteiger charge is -2.06. The van der Waals surface area contributed by atoms with Gasteiger partial charge in [0.05, 0.1) is 16.4 Å². The number of rotatable bonds is 3. The second-order valence-corrected chi connectivity index (χ2v) is 4.24. The summed E-state index contributed by atoms with van der Waals surface area (Å²) in [6, 6.07) is 4.89. The number of nitrogens with one attached hydrogen (secondary N) is 1. The molecule has 0 spiro atoms. The van der Waals surface area contributed by atoms with Gasteiger partial charge in [-0.15, -0.1) is 0 Å². The third kappa shape index (κ3) is 2.48. The molecule has 2 rings (SSSR count). The van der Waals surface area contributed by atoms with Gasteiger partial charge in [0.1, 0.15) is 5.82 Å². The van der Waals surface area contributed by atoms with Crippen LogP contribution in [0.2, 0.25) is 5.02 Å². The monoisotopic (exact) mass is 253 g/mol. The molecule has 0 radical (unpaired) electrons. The summed E-state index contributed by atoms with van der Waals surface area (Å²) in [6.45, 7) is 2.39. The van der Waals surface area contributed by atoms with Gasteiger partial charge in [0.2, 0.25) is 0 Å². The molecule has 5 heteroatoms. The summed E-state index contributed by atoms with van der Waals surface area (Å²) >= 11 is 6.01. The van der Waals surface area contributed by atoms with E-state index in [0.29, 0.717) is 22.8 Å². The van der Waals surface area contributed by atoms with Crippen LogP contribution in [0, 0.1) is 12.7 Å². The van der Waals surface area contributed by atoms with Gasteiger partial charge >= 0.3 is 0 Å². The standard InChI is InChI=1S/C12H13ClFN3/c1-8-5-12(10(13)6-11(8)14)17-4-3-9(16-17)7-15-2/h3-6,15H,7H2,1-2H3. The minimum absolute atomic E-state index is 0.304. The minimum atomic E-state index is -0.304. The van der Waals surface area contributed by atoms with Crippen LogP contribution < -0.4 is 5.32 Å². The van der Waals surface area contributed by atoms with Gasteiger partial charge in [-0.3, -0.25) is 0 Å². The van der Waals surface area contributed by atoms with E-state index in [1.165, 1.54) is 6.07 Å². The molecule has 17 heavy (non-hydrogen) atoms. The highest BCUT2D eigenvalue weighted by Gasteiger charge is 2.08. The molecule has 2 aromatic rings. The van der Waals surface area contributed by atoms with Crippen LogP contribution in [0.1, 0.15) is 11.3 Å². The van der Waals surface area contributed by atoms with E-state index < -0.39 is 0 Å². The van der Waals surface area contributed by atoms with Crippen LogP contribution in [0.3, 0.4) is 0 Å². The smallest absolute Gasteiger partial charge is 0.127 e. The number of halogens is 2. The minimum Gasteiger partial charge on any atom is -0.314 e. The Morgan fingerprint density at radius 1 is 1.47 bits per heavy atom. The van der Waals surface area contributed by atoms with Crippen LogP contribution in [-0.4, -0.2) is 16.8 Å². The quantitative estimate of drug-likeness (QED) is 0.912. The number of benzene rings is 1. The van der Waals surface area contributed by atoms with Crippen molar-refractivity contribution in [1.82, 2.24) is 15.1 Å². The number of aromatic nitrogens is 2. The van der Waals surface area contributed by atoms with Crippen molar-refractivity contribution in [3.63, 3.8) is 0 Å². The lowest BCUT2D eigenvalue weighted by molar-refractivity contribution is 0.617. The summed E-state index contributed by atoms with van der Waals surface area (Å²) in [6.07, 6.45) is 1.81. The Kier molecular flexibility index (Phi) is 3.45. The summed E-state index contributed by atoms with van der Waals surface area (Å²) in [5, 5.41) is 7.72. The largest absolute Gasteiger partial charge is 0.314 e. The third-order valence-electron chi connectivity index (χ3n) is 2.48. The molecule has 0 aliphatic heterocycles. The first-order valence-electron chi connectivity index (χ1n) is 5.27. The molecule has 1 heterocycles. The third-order valence-corrected chi connectivity index (χ3v) is 2.78. The Bertz CT molecular complexity index is 537. The van der Waals surface area contributed by atoms with Gasteiger partial charge in [0.25, 0.3) is 0 Å². The predicted octanol–water partition coefficient (Wildman–Crippen LogP) is 2.69. The van der Waals surface area contributed by atoms with E-state index in [4.69, 9.17) is 11.6 Å². The average Bonchev–Trinajstić information content (AvgIpc) is 2.72. The summed E-state index contributed by atoms with van der Waals surface area (Å²) in [5.41, 5.74) is 2.15. The number of hydrogen-bond donors (Lipinski definition) is 1. The molecule has 0 saturated carbocycles. The molecule has 0 amide bonds. The zero-order valence-corrected chi connectivity index (χ0v) is 10.4. The van der Waals surface area contributed by atoms with E-state index in [1.807, 2.05) is 19.3 Å². The van der Waals surface area contributed by atoms with E-state index in [0.717, 1.165) is 5.69 Å². The van der Waals surface area contributed by atoms with Gasteiger partial charge in [0.15, 0.2) is 0 Å². The fraction of sp³-hybridized carbons (Fsp3) is 0.250. The number of nitrogens with zero attached hydrogens (tertiary/aromatic N) is 2. The molecule has 0 unspecified atom stereocenters. The van der Waals surface area contributed by atoms with Gasteiger partial charge in [-0.05, 0) is 37.7 Å². The Morgan fingerprint density at radius 2 is 2.24 bits per heavy atom. The zero-order chi connectivity index (χ0) is 12.4. The molecular formula is C12H13ClFN3. The van der Waals surface area contributed by atoms with Crippen molar-refractivity contribution in [1.29, 1.82) is 0 Å². The highest BCUT2D eigenvalue weighted by molar-refractivity contribution is 6.32. The first kappa shape index (κ1) is 12.1. The molecule has 0 atom stereocenters. The van der Waals surface area contributed by atoms with Crippen LogP contribution in [0.15, 0.2) is 24.4 Å². The molecule has 0 fully saturated rings. The van der Waals surface area contributed by atoms with E-state index >= 15 is 0 Å². The van der Waals surface area contributed by atoms with E-state index in [9.17, 15) is 4.39 Å². The van der Waals surface area contributed by atoms with Gasteiger partial charge in [0, 0.05) is 12.7 Å². The first-order valence-corrected chi connectivity index (χ1v) is 5.65. The van der Waals surface area contributed by atoms with Crippen molar-refractivity contribution in [3.8, 4) is 5.69 Å². The topological polar surface area (TPSA) is 29.9 Å². The van der Waals surface area contributed by atoms with Crippen molar-refractivity contribution in [2.75, 3.05) is 7.05 Å². The molecule has 1 N–H and O–H groups in total. The fourth-order valence-electron chi connectivity index (χ4n) is 1.59. The Labute approximate surface area is 104 Å². The maximum absolute atomic E-state index is 13.3. The molecule has 0 bridgehead atoms. The van der Waals surface area contributed by atoms with E-state index in [2.05, 4.69) is 10.4 Å². The molecular weight excluding hydrogens is 241 g/mol. The highest BCUT2D eigenvalue weighted by atomic mass is 35.5. The van der Waals surface area contributed by atoms with Crippen molar-refractivity contribution in [2.45, 2.75) is 13.5 Å². The maximum atomic E-state index is 13.3. The van der Waals surface area contributed by atoms with Gasteiger partial charge in [-0.25, -0.2) is 9.07 Å². The normalized spacial score (nSPS) is 10.8. The van der Waals surface area contributed by atoms with Crippen molar-refractivity contribution in [3.05, 3.63) is 46.5 Å². The Balaban J connectivity index is 2.41. The Hall–Kier alpha value is -1.39. The molecule has 1 aromatic carbocycles. The van der Waals surface area contributed by atoms with Crippen LogP contribution in [-0.2, 0) is 6.54 Å². The number of aryl methyl sites for hydroxylation is 1. The van der Waals surface area contributed by atoms with E-state index in [1.54, 1.807) is 17.7 Å². The molecule has 0 saturated heterocycles. The van der Waals surface area contributed by atoms with Crippen LogP contribution in [0.4, 0.5) is 4.39 Å². The molecule has 0 aliphatic carbocycles. The Morgan fingerprint density at radius 3 is 2.94 bits per heavy atom. The summed E-state index contributed by atoms with van der Waals surface area (Å²) < 4.78 is 14.9. The fourth-order valence-corrected chi connectivity index (χ4v) is 1.83. The maximum Gasteiger partial charge on any atom is 0.127 e. The second-order valence-electron chi connectivity index (χ2n) is 3.83. The van der Waals surface area contributed by atoms with Crippen molar-refractivity contribution < 1.29 is 4.39 Å². The molecule has 90 valence electrons. The molecule has 3 nitrogen and oxygen atoms in total. The summed E-state index contributed by atoms with van der Waals surface area (Å²) in [4.78, 5) is 0. The summed E-state index contributed by atoms with van der Waals surface area (Å²) in [5.74, 6) is -0.304. The average molecular weight is 254 g/mol. The first-order chi connectivity index (χ1) is 8.11. The van der Waals surface area contributed by atoms with Crippen molar-refractivity contribution in [2.24, 2.45) is 0 Å². The van der Waals surface area contributed by atoms with Gasteiger partial charge in [-0.1, -0.05) is 11.6 Å². The van der Waals surface area contributed by atoms with Crippen LogP contribution in [0.25, 0.3) is 5.69 Å². The van der Waals surface area contributed by atoms with E-state index in [-0.39, 0.29) is 5.82 Å². The SMILES string of the molecule is CNCc1ccn(-c2cc(C)c(F)cc2Cl)n1. The van der Waals surface area contributed by atoms with Gasteiger partial charge in [-0.2, -0.15) is 5.10 Å². The van der Waals surface area contributed by atoms with Crippen LogP contribution in [0.5, 0.6) is 0 Å².